The van der Waals surface area contributed by atoms with Gasteiger partial charge in [-0.3, -0.25) is 0 Å². The molecule has 0 atom stereocenters. The number of halogens is 2. The van der Waals surface area contributed by atoms with Gasteiger partial charge in [0.05, 0.1) is 6.54 Å². The number of rotatable bonds is 3. The third kappa shape index (κ3) is 4.71. The van der Waals surface area contributed by atoms with Crippen LogP contribution in [-0.4, -0.2) is 42.0 Å². The number of aliphatic imine (C=N–C) groups is 1. The van der Waals surface area contributed by atoms with Crippen molar-refractivity contribution in [2.24, 2.45) is 10.7 Å². The van der Waals surface area contributed by atoms with Gasteiger partial charge >= 0.3 is 0 Å². The maximum absolute atomic E-state index is 6.13. The number of nitrogens with zero attached hydrogens (tertiary/aromatic N) is 4. The van der Waals surface area contributed by atoms with Crippen LogP contribution in [0, 0.1) is 0 Å². The first kappa shape index (κ1) is 18.3. The zero-order valence-electron chi connectivity index (χ0n) is 12.6. The summed E-state index contributed by atoms with van der Waals surface area (Å²) in [7, 11) is 0. The highest BCUT2D eigenvalue weighted by Crippen LogP contribution is 2.19. The molecule has 8 heteroatoms. The second-order valence-corrected chi connectivity index (χ2v) is 6.33. The second-order valence-electron chi connectivity index (χ2n) is 5.05. The van der Waals surface area contributed by atoms with E-state index >= 15 is 0 Å². The van der Waals surface area contributed by atoms with Crippen LogP contribution in [0.1, 0.15) is 5.56 Å². The molecule has 0 bridgehead atoms. The lowest BCUT2D eigenvalue weighted by Gasteiger charge is -2.35. The van der Waals surface area contributed by atoms with E-state index < -0.39 is 0 Å². The lowest BCUT2D eigenvalue weighted by Crippen LogP contribution is -2.51. The van der Waals surface area contributed by atoms with Gasteiger partial charge in [-0.2, -0.15) is 0 Å². The Morgan fingerprint density at radius 3 is 2.65 bits per heavy atom. The first-order chi connectivity index (χ1) is 10.7. The predicted octanol–water partition coefficient (Wildman–Crippen LogP) is 3.05. The fourth-order valence-corrected chi connectivity index (χ4v) is 3.28. The number of hydrogen-bond acceptors (Lipinski definition) is 4. The van der Waals surface area contributed by atoms with Crippen LogP contribution in [0.25, 0.3) is 0 Å². The minimum Gasteiger partial charge on any atom is -0.370 e. The van der Waals surface area contributed by atoms with Crippen LogP contribution in [0.15, 0.2) is 40.8 Å². The molecule has 1 aliphatic heterocycles. The average molecular weight is 464 g/mol. The second kappa shape index (κ2) is 8.70. The molecule has 2 aromatic rings. The van der Waals surface area contributed by atoms with E-state index in [2.05, 4.69) is 19.8 Å². The topological polar surface area (TPSA) is 57.8 Å². The number of piperazine rings is 1. The van der Waals surface area contributed by atoms with Gasteiger partial charge in [0, 0.05) is 42.8 Å². The fourth-order valence-electron chi connectivity index (χ4n) is 2.39. The molecule has 2 N–H and O–H groups in total. The molecule has 1 aliphatic rings. The fraction of sp³-hybridized carbons (Fsp3) is 0.333. The van der Waals surface area contributed by atoms with Gasteiger partial charge in [-0.15, -0.1) is 35.3 Å². The minimum atomic E-state index is 0. The average Bonchev–Trinajstić information content (AvgIpc) is 3.08. The van der Waals surface area contributed by atoms with E-state index in [4.69, 9.17) is 17.3 Å². The third-order valence-electron chi connectivity index (χ3n) is 3.66. The summed E-state index contributed by atoms with van der Waals surface area (Å²) in [6.07, 6.45) is 1.84. The first-order valence-corrected chi connectivity index (χ1v) is 8.42. The molecule has 124 valence electrons. The zero-order chi connectivity index (χ0) is 15.4. The van der Waals surface area contributed by atoms with Crippen molar-refractivity contribution < 1.29 is 0 Å². The molecule has 0 aliphatic carbocycles. The summed E-state index contributed by atoms with van der Waals surface area (Å²) < 4.78 is 0. The summed E-state index contributed by atoms with van der Waals surface area (Å²) >= 11 is 7.80. The van der Waals surface area contributed by atoms with Crippen LogP contribution in [0.5, 0.6) is 0 Å². The maximum atomic E-state index is 6.13. The monoisotopic (exact) mass is 463 g/mol. The first-order valence-electron chi connectivity index (χ1n) is 7.17. The largest absolute Gasteiger partial charge is 0.370 e. The molecule has 0 saturated carbocycles. The van der Waals surface area contributed by atoms with Gasteiger partial charge in [-0.05, 0) is 11.6 Å². The van der Waals surface area contributed by atoms with E-state index in [1.807, 2.05) is 35.8 Å². The third-order valence-corrected chi connectivity index (χ3v) is 4.86. The number of nitrogens with two attached hydrogens (primary N) is 1. The predicted molar refractivity (Wildman–Crippen MR) is 108 cm³/mol. The van der Waals surface area contributed by atoms with E-state index in [0.717, 1.165) is 41.9 Å². The normalized spacial score (nSPS) is 15.4. The highest BCUT2D eigenvalue weighted by molar-refractivity contribution is 14.0. The van der Waals surface area contributed by atoms with Gasteiger partial charge in [-0.1, -0.05) is 29.8 Å². The summed E-state index contributed by atoms with van der Waals surface area (Å²) in [6, 6.07) is 7.71. The highest BCUT2D eigenvalue weighted by atomic mass is 127. The Morgan fingerprint density at radius 2 is 2.00 bits per heavy atom. The number of aromatic nitrogens is 1. The van der Waals surface area contributed by atoms with E-state index in [1.54, 1.807) is 11.3 Å². The summed E-state index contributed by atoms with van der Waals surface area (Å²) in [6.45, 7) is 4.05. The molecule has 5 nitrogen and oxygen atoms in total. The van der Waals surface area contributed by atoms with Crippen LogP contribution in [-0.2, 0) is 6.54 Å². The summed E-state index contributed by atoms with van der Waals surface area (Å²) in [5.41, 5.74) is 7.11. The standard InChI is InChI=1S/C15H18ClN5S.HI/c16-13-4-2-1-3-12(13)11-19-14(17)20-6-8-21(9-7-20)15-18-5-10-22-15;/h1-5,10H,6-9,11H2,(H2,17,19);1H. The summed E-state index contributed by atoms with van der Waals surface area (Å²) in [4.78, 5) is 13.2. The smallest absolute Gasteiger partial charge is 0.191 e. The van der Waals surface area contributed by atoms with Gasteiger partial charge < -0.3 is 15.5 Å². The Hall–Kier alpha value is -1.06. The molecule has 0 amide bonds. The Bertz CT molecular complexity index is 641. The van der Waals surface area contributed by atoms with Crippen LogP contribution < -0.4 is 10.6 Å². The molecular formula is C15H19ClIN5S. The molecule has 3 rings (SSSR count). The molecule has 0 spiro atoms. The molecular weight excluding hydrogens is 445 g/mol. The van der Waals surface area contributed by atoms with Crippen molar-refractivity contribution in [1.29, 1.82) is 0 Å². The summed E-state index contributed by atoms with van der Waals surface area (Å²) in [5.74, 6) is 0.582. The van der Waals surface area contributed by atoms with Crippen molar-refractivity contribution in [2.75, 3.05) is 31.1 Å². The van der Waals surface area contributed by atoms with Crippen molar-refractivity contribution in [1.82, 2.24) is 9.88 Å². The molecule has 1 aromatic heterocycles. The molecule has 2 heterocycles. The quantitative estimate of drug-likeness (QED) is 0.432. The number of thiazole rings is 1. The lowest BCUT2D eigenvalue weighted by atomic mass is 10.2. The molecule has 1 saturated heterocycles. The number of benzene rings is 1. The number of anilines is 1. The minimum absolute atomic E-state index is 0. The van der Waals surface area contributed by atoms with Gasteiger partial charge in [0.15, 0.2) is 11.1 Å². The highest BCUT2D eigenvalue weighted by Gasteiger charge is 2.19. The van der Waals surface area contributed by atoms with E-state index in [9.17, 15) is 0 Å². The van der Waals surface area contributed by atoms with Crippen molar-refractivity contribution in [3.8, 4) is 0 Å². The van der Waals surface area contributed by atoms with E-state index in [1.165, 1.54) is 0 Å². The van der Waals surface area contributed by atoms with E-state index in [0.29, 0.717) is 12.5 Å². The van der Waals surface area contributed by atoms with Gasteiger partial charge in [-0.25, -0.2) is 9.98 Å². The van der Waals surface area contributed by atoms with E-state index in [-0.39, 0.29) is 24.0 Å². The van der Waals surface area contributed by atoms with Crippen LogP contribution in [0.2, 0.25) is 5.02 Å². The zero-order valence-corrected chi connectivity index (χ0v) is 16.5. The molecule has 1 fully saturated rings. The van der Waals surface area contributed by atoms with Gasteiger partial charge in [0.25, 0.3) is 0 Å². The van der Waals surface area contributed by atoms with Crippen molar-refractivity contribution >= 4 is 58.0 Å². The van der Waals surface area contributed by atoms with Gasteiger partial charge in [0.1, 0.15) is 0 Å². The van der Waals surface area contributed by atoms with Gasteiger partial charge in [0.2, 0.25) is 0 Å². The Kier molecular flexibility index (Phi) is 6.91. The number of guanidine groups is 1. The SMILES string of the molecule is I.NC(=NCc1ccccc1Cl)N1CCN(c2nccs2)CC1. The lowest BCUT2D eigenvalue weighted by molar-refractivity contribution is 0.380. The Morgan fingerprint density at radius 1 is 1.26 bits per heavy atom. The van der Waals surface area contributed by atoms with Crippen LogP contribution in [0.4, 0.5) is 5.13 Å². The number of hydrogen-bond donors (Lipinski definition) is 1. The van der Waals surface area contributed by atoms with Crippen molar-refractivity contribution in [3.63, 3.8) is 0 Å². The molecule has 23 heavy (non-hydrogen) atoms. The Labute approximate surface area is 162 Å². The van der Waals surface area contributed by atoms with Crippen molar-refractivity contribution in [2.45, 2.75) is 6.54 Å². The van der Waals surface area contributed by atoms with Crippen LogP contribution >= 0.6 is 46.9 Å². The molecule has 0 radical (unpaired) electrons. The molecule has 0 unspecified atom stereocenters. The summed E-state index contributed by atoms with van der Waals surface area (Å²) in [5, 5.41) is 3.81. The van der Waals surface area contributed by atoms with Crippen molar-refractivity contribution in [3.05, 3.63) is 46.4 Å². The Balaban J connectivity index is 0.00000192. The molecule has 1 aromatic carbocycles. The van der Waals surface area contributed by atoms with Crippen LogP contribution in [0.3, 0.4) is 0 Å². The maximum Gasteiger partial charge on any atom is 0.191 e.